The molecule has 0 atom stereocenters. The van der Waals surface area contributed by atoms with Crippen LogP contribution in [0.2, 0.25) is 0 Å². The molecule has 0 amide bonds. The zero-order valence-electron chi connectivity index (χ0n) is 11.5. The highest BCUT2D eigenvalue weighted by molar-refractivity contribution is 5.83. The van der Waals surface area contributed by atoms with Crippen LogP contribution in [0.5, 0.6) is 17.2 Å². The lowest BCUT2D eigenvalue weighted by Crippen LogP contribution is -1.93. The van der Waals surface area contributed by atoms with E-state index in [0.717, 1.165) is 17.0 Å². The highest BCUT2D eigenvalue weighted by Gasteiger charge is 2.02. The van der Waals surface area contributed by atoms with Crippen molar-refractivity contribution in [2.75, 3.05) is 13.7 Å². The zero-order chi connectivity index (χ0) is 14.4. The fourth-order valence-electron chi connectivity index (χ4n) is 1.70. The van der Waals surface area contributed by atoms with E-state index in [1.165, 1.54) is 0 Å². The molecule has 2 aromatic rings. The number of aromatic hydroxyl groups is 1. The minimum Gasteiger partial charge on any atom is -0.504 e. The number of hydrogen-bond donors (Lipinski definition) is 1. The molecule has 0 aliphatic rings. The maximum atomic E-state index is 9.63. The SMILES string of the molecule is CCOc1cc(C=Nc2ccc(OC)cc2)ccc1O. The molecule has 2 aromatic carbocycles. The molecule has 0 heterocycles. The van der Waals surface area contributed by atoms with Crippen LogP contribution in [0.15, 0.2) is 47.5 Å². The minimum atomic E-state index is 0.133. The first-order chi connectivity index (χ1) is 9.72. The van der Waals surface area contributed by atoms with E-state index in [1.54, 1.807) is 31.5 Å². The number of hydrogen-bond acceptors (Lipinski definition) is 4. The van der Waals surface area contributed by atoms with Gasteiger partial charge in [-0.2, -0.15) is 0 Å². The normalized spacial score (nSPS) is 10.7. The van der Waals surface area contributed by atoms with Crippen molar-refractivity contribution in [1.29, 1.82) is 0 Å². The third-order valence-corrected chi connectivity index (χ3v) is 2.72. The van der Waals surface area contributed by atoms with Gasteiger partial charge in [0.1, 0.15) is 5.75 Å². The average Bonchev–Trinajstić information content (AvgIpc) is 2.49. The Morgan fingerprint density at radius 3 is 2.55 bits per heavy atom. The summed E-state index contributed by atoms with van der Waals surface area (Å²) in [6.45, 7) is 2.38. The smallest absolute Gasteiger partial charge is 0.161 e. The number of methoxy groups -OCH3 is 1. The van der Waals surface area contributed by atoms with Gasteiger partial charge < -0.3 is 14.6 Å². The minimum absolute atomic E-state index is 0.133. The van der Waals surface area contributed by atoms with Crippen LogP contribution >= 0.6 is 0 Å². The molecule has 0 unspecified atom stereocenters. The van der Waals surface area contributed by atoms with Crippen molar-refractivity contribution < 1.29 is 14.6 Å². The van der Waals surface area contributed by atoms with E-state index >= 15 is 0 Å². The van der Waals surface area contributed by atoms with E-state index in [1.807, 2.05) is 31.2 Å². The maximum Gasteiger partial charge on any atom is 0.161 e. The number of ether oxygens (including phenoxy) is 2. The van der Waals surface area contributed by atoms with Gasteiger partial charge in [-0.1, -0.05) is 0 Å². The Hall–Kier alpha value is -2.49. The predicted octanol–water partition coefficient (Wildman–Crippen LogP) is 3.55. The van der Waals surface area contributed by atoms with E-state index in [9.17, 15) is 5.11 Å². The van der Waals surface area contributed by atoms with Gasteiger partial charge in [0.15, 0.2) is 11.5 Å². The van der Waals surface area contributed by atoms with Gasteiger partial charge in [0, 0.05) is 6.21 Å². The highest BCUT2D eigenvalue weighted by atomic mass is 16.5. The summed E-state index contributed by atoms with van der Waals surface area (Å²) in [4.78, 5) is 4.37. The topological polar surface area (TPSA) is 51.0 Å². The van der Waals surface area contributed by atoms with Crippen molar-refractivity contribution in [2.45, 2.75) is 6.92 Å². The summed E-state index contributed by atoms with van der Waals surface area (Å²) in [7, 11) is 1.63. The van der Waals surface area contributed by atoms with Crippen molar-refractivity contribution >= 4 is 11.9 Å². The molecule has 0 saturated heterocycles. The van der Waals surface area contributed by atoms with E-state index in [4.69, 9.17) is 9.47 Å². The number of benzene rings is 2. The van der Waals surface area contributed by atoms with Gasteiger partial charge in [0.2, 0.25) is 0 Å². The van der Waals surface area contributed by atoms with Crippen molar-refractivity contribution in [3.63, 3.8) is 0 Å². The van der Waals surface area contributed by atoms with Crippen molar-refractivity contribution in [2.24, 2.45) is 4.99 Å². The third kappa shape index (κ3) is 3.51. The Kier molecular flexibility index (Phi) is 4.60. The van der Waals surface area contributed by atoms with Crippen LogP contribution in [0.4, 0.5) is 5.69 Å². The van der Waals surface area contributed by atoms with Gasteiger partial charge in [0.25, 0.3) is 0 Å². The van der Waals surface area contributed by atoms with Crippen molar-refractivity contribution in [1.82, 2.24) is 0 Å². The Bertz CT molecular complexity index is 591. The number of aliphatic imine (C=N–C) groups is 1. The van der Waals surface area contributed by atoms with Gasteiger partial charge in [-0.25, -0.2) is 0 Å². The summed E-state index contributed by atoms with van der Waals surface area (Å²) in [5.74, 6) is 1.40. The standard InChI is InChI=1S/C16H17NO3/c1-3-20-16-10-12(4-9-15(16)18)11-17-13-5-7-14(19-2)8-6-13/h4-11,18H,3H2,1-2H3. The second kappa shape index (κ2) is 6.61. The van der Waals surface area contributed by atoms with Gasteiger partial charge in [-0.15, -0.1) is 0 Å². The molecule has 0 bridgehead atoms. The van der Waals surface area contributed by atoms with E-state index in [0.29, 0.717) is 12.4 Å². The first-order valence-electron chi connectivity index (χ1n) is 6.37. The lowest BCUT2D eigenvalue weighted by Gasteiger charge is -2.06. The quantitative estimate of drug-likeness (QED) is 0.846. The lowest BCUT2D eigenvalue weighted by molar-refractivity contribution is 0.318. The third-order valence-electron chi connectivity index (χ3n) is 2.72. The Morgan fingerprint density at radius 1 is 1.15 bits per heavy atom. The van der Waals surface area contributed by atoms with E-state index in [-0.39, 0.29) is 5.75 Å². The summed E-state index contributed by atoms with van der Waals surface area (Å²) in [5, 5.41) is 9.63. The summed E-state index contributed by atoms with van der Waals surface area (Å²) in [6.07, 6.45) is 1.73. The van der Waals surface area contributed by atoms with Gasteiger partial charge in [0.05, 0.1) is 19.4 Å². The molecule has 0 aliphatic heterocycles. The molecule has 2 rings (SSSR count). The van der Waals surface area contributed by atoms with E-state index in [2.05, 4.69) is 4.99 Å². The van der Waals surface area contributed by atoms with Crippen LogP contribution in [-0.2, 0) is 0 Å². The number of phenols is 1. The van der Waals surface area contributed by atoms with Crippen molar-refractivity contribution in [3.05, 3.63) is 48.0 Å². The Morgan fingerprint density at radius 2 is 1.90 bits per heavy atom. The fraction of sp³-hybridized carbons (Fsp3) is 0.188. The summed E-state index contributed by atoms with van der Waals surface area (Å²) >= 11 is 0. The summed E-state index contributed by atoms with van der Waals surface area (Å²) < 4.78 is 10.4. The molecule has 4 nitrogen and oxygen atoms in total. The monoisotopic (exact) mass is 271 g/mol. The fourth-order valence-corrected chi connectivity index (χ4v) is 1.70. The molecule has 0 saturated carbocycles. The first-order valence-corrected chi connectivity index (χ1v) is 6.37. The Labute approximate surface area is 118 Å². The molecule has 0 radical (unpaired) electrons. The van der Waals surface area contributed by atoms with Crippen LogP contribution in [0.3, 0.4) is 0 Å². The predicted molar refractivity (Wildman–Crippen MR) is 79.5 cm³/mol. The number of rotatable bonds is 5. The second-order valence-corrected chi connectivity index (χ2v) is 4.12. The average molecular weight is 271 g/mol. The maximum absolute atomic E-state index is 9.63. The van der Waals surface area contributed by atoms with Crippen molar-refractivity contribution in [3.8, 4) is 17.2 Å². The molecule has 4 heteroatoms. The first kappa shape index (κ1) is 13.9. The summed E-state index contributed by atoms with van der Waals surface area (Å²) in [5.41, 5.74) is 1.69. The number of phenolic OH excluding ortho intramolecular Hbond substituents is 1. The molecule has 0 spiro atoms. The highest BCUT2D eigenvalue weighted by Crippen LogP contribution is 2.26. The van der Waals surface area contributed by atoms with E-state index < -0.39 is 0 Å². The molecule has 20 heavy (non-hydrogen) atoms. The molecule has 1 N–H and O–H groups in total. The molecule has 0 aliphatic carbocycles. The van der Waals surface area contributed by atoms with Crippen LogP contribution in [0.1, 0.15) is 12.5 Å². The largest absolute Gasteiger partial charge is 0.504 e. The molecule has 104 valence electrons. The van der Waals surface area contributed by atoms with Crippen LogP contribution in [-0.4, -0.2) is 25.0 Å². The second-order valence-electron chi connectivity index (χ2n) is 4.12. The zero-order valence-corrected chi connectivity index (χ0v) is 11.5. The Balaban J connectivity index is 2.15. The van der Waals surface area contributed by atoms with Gasteiger partial charge in [-0.05, 0) is 55.0 Å². The number of nitrogens with zero attached hydrogens (tertiary/aromatic N) is 1. The van der Waals surface area contributed by atoms with Gasteiger partial charge >= 0.3 is 0 Å². The molecular weight excluding hydrogens is 254 g/mol. The molecule has 0 aromatic heterocycles. The van der Waals surface area contributed by atoms with Crippen LogP contribution in [0, 0.1) is 0 Å². The van der Waals surface area contributed by atoms with Crippen LogP contribution < -0.4 is 9.47 Å². The van der Waals surface area contributed by atoms with Crippen LogP contribution in [0.25, 0.3) is 0 Å². The summed E-state index contributed by atoms with van der Waals surface area (Å²) in [6, 6.07) is 12.6. The molecular formula is C16H17NO3. The molecule has 0 fully saturated rings. The van der Waals surface area contributed by atoms with Gasteiger partial charge in [-0.3, -0.25) is 4.99 Å². The lowest BCUT2D eigenvalue weighted by atomic mass is 10.2.